The molecule has 156 valence electrons. The second-order valence-corrected chi connectivity index (χ2v) is 8.88. The SMILES string of the molecule is CCOP(=O)(CC)Oc1ccc(C(=O)Nc2cc(-c3ccccc3)ccc2N)cc1. The zero-order chi connectivity index (χ0) is 21.6. The van der Waals surface area contributed by atoms with E-state index < -0.39 is 7.60 Å². The van der Waals surface area contributed by atoms with Crippen molar-refractivity contribution in [2.45, 2.75) is 13.8 Å². The molecule has 0 aliphatic heterocycles. The van der Waals surface area contributed by atoms with Gasteiger partial charge in [-0.25, -0.2) is 4.57 Å². The van der Waals surface area contributed by atoms with E-state index in [1.54, 1.807) is 44.2 Å². The van der Waals surface area contributed by atoms with E-state index in [1.807, 2.05) is 42.5 Å². The van der Waals surface area contributed by atoms with Crippen molar-refractivity contribution in [3.05, 3.63) is 78.4 Å². The second kappa shape index (κ2) is 9.61. The second-order valence-electron chi connectivity index (χ2n) is 6.58. The highest BCUT2D eigenvalue weighted by Crippen LogP contribution is 2.47. The van der Waals surface area contributed by atoms with E-state index in [1.165, 1.54) is 0 Å². The summed E-state index contributed by atoms with van der Waals surface area (Å²) in [6.07, 6.45) is 0.264. The number of anilines is 2. The van der Waals surface area contributed by atoms with Crippen LogP contribution in [0.1, 0.15) is 24.2 Å². The van der Waals surface area contributed by atoms with Crippen LogP contribution in [0.3, 0.4) is 0 Å². The van der Waals surface area contributed by atoms with Crippen molar-refractivity contribution in [3.8, 4) is 16.9 Å². The molecule has 1 atom stereocenters. The van der Waals surface area contributed by atoms with Crippen molar-refractivity contribution in [1.29, 1.82) is 0 Å². The molecule has 1 unspecified atom stereocenters. The molecule has 0 radical (unpaired) electrons. The average Bonchev–Trinajstić information content (AvgIpc) is 2.76. The molecule has 3 rings (SSSR count). The summed E-state index contributed by atoms with van der Waals surface area (Å²) in [6, 6.07) is 21.8. The molecule has 0 saturated heterocycles. The molecule has 0 bridgehead atoms. The molecular weight excluding hydrogens is 399 g/mol. The van der Waals surface area contributed by atoms with Gasteiger partial charge in [0, 0.05) is 5.56 Å². The normalized spacial score (nSPS) is 12.7. The minimum atomic E-state index is -3.17. The number of hydrogen-bond donors (Lipinski definition) is 2. The van der Waals surface area contributed by atoms with Crippen LogP contribution < -0.4 is 15.6 Å². The minimum Gasteiger partial charge on any atom is -0.424 e. The van der Waals surface area contributed by atoms with Crippen molar-refractivity contribution < 1.29 is 18.4 Å². The Morgan fingerprint density at radius 2 is 1.67 bits per heavy atom. The van der Waals surface area contributed by atoms with Crippen LogP contribution in [0.15, 0.2) is 72.8 Å². The van der Waals surface area contributed by atoms with Crippen LogP contribution in [0, 0.1) is 0 Å². The van der Waals surface area contributed by atoms with Gasteiger partial charge in [0.1, 0.15) is 5.75 Å². The maximum atomic E-state index is 12.7. The van der Waals surface area contributed by atoms with Gasteiger partial charge in [0.2, 0.25) is 0 Å². The predicted octanol–water partition coefficient (Wildman–Crippen LogP) is 5.82. The summed E-state index contributed by atoms with van der Waals surface area (Å²) in [5.41, 5.74) is 9.47. The van der Waals surface area contributed by atoms with Crippen molar-refractivity contribution >= 4 is 24.9 Å². The monoisotopic (exact) mass is 424 g/mol. The molecule has 0 fully saturated rings. The third-order valence-corrected chi connectivity index (χ3v) is 6.40. The van der Waals surface area contributed by atoms with Crippen molar-refractivity contribution in [1.82, 2.24) is 0 Å². The van der Waals surface area contributed by atoms with Crippen molar-refractivity contribution in [3.63, 3.8) is 0 Å². The highest BCUT2D eigenvalue weighted by molar-refractivity contribution is 7.54. The van der Waals surface area contributed by atoms with Gasteiger partial charge in [0.25, 0.3) is 5.91 Å². The first kappa shape index (κ1) is 21.6. The Kier molecular flexibility index (Phi) is 6.93. The number of hydrogen-bond acceptors (Lipinski definition) is 5. The lowest BCUT2D eigenvalue weighted by Gasteiger charge is -2.17. The molecule has 0 saturated carbocycles. The molecule has 0 aromatic heterocycles. The number of nitrogens with one attached hydrogen (secondary N) is 1. The maximum absolute atomic E-state index is 12.7. The van der Waals surface area contributed by atoms with E-state index in [0.717, 1.165) is 11.1 Å². The number of carbonyl (C=O) groups excluding carboxylic acids is 1. The molecule has 3 N–H and O–H groups in total. The van der Waals surface area contributed by atoms with Gasteiger partial charge in [-0.1, -0.05) is 43.3 Å². The predicted molar refractivity (Wildman–Crippen MR) is 121 cm³/mol. The van der Waals surface area contributed by atoms with Crippen molar-refractivity contribution in [2.75, 3.05) is 23.8 Å². The first-order valence-corrected chi connectivity index (χ1v) is 11.5. The Morgan fingerprint density at radius 3 is 2.30 bits per heavy atom. The minimum absolute atomic E-state index is 0.264. The van der Waals surface area contributed by atoms with Crippen LogP contribution in [-0.4, -0.2) is 18.7 Å². The standard InChI is InChI=1S/C23H25N2O4P/c1-3-28-30(27,4-2)29-20-13-10-18(11-14-20)23(26)25-22-16-19(12-15-21(22)24)17-8-6-5-7-9-17/h5-16H,3-4,24H2,1-2H3,(H,25,26). The lowest BCUT2D eigenvalue weighted by molar-refractivity contribution is 0.102. The molecule has 0 heterocycles. The smallest absolute Gasteiger partial charge is 0.378 e. The molecule has 7 heteroatoms. The van der Waals surface area contributed by atoms with E-state index >= 15 is 0 Å². The van der Waals surface area contributed by atoms with Gasteiger partial charge in [-0.2, -0.15) is 0 Å². The fourth-order valence-electron chi connectivity index (χ4n) is 2.88. The molecule has 0 spiro atoms. The molecule has 30 heavy (non-hydrogen) atoms. The zero-order valence-corrected chi connectivity index (χ0v) is 17.9. The number of benzene rings is 3. The van der Waals surface area contributed by atoms with Crippen LogP contribution in [0.25, 0.3) is 11.1 Å². The Morgan fingerprint density at radius 1 is 0.967 bits per heavy atom. The molecule has 3 aromatic carbocycles. The van der Waals surface area contributed by atoms with E-state index in [0.29, 0.717) is 29.3 Å². The summed E-state index contributed by atoms with van der Waals surface area (Å²) in [4.78, 5) is 12.7. The summed E-state index contributed by atoms with van der Waals surface area (Å²) >= 11 is 0. The van der Waals surface area contributed by atoms with Crippen LogP contribution in [0.4, 0.5) is 11.4 Å². The first-order chi connectivity index (χ1) is 14.4. The van der Waals surface area contributed by atoms with Gasteiger partial charge in [0.05, 0.1) is 24.1 Å². The van der Waals surface area contributed by atoms with Crippen LogP contribution in [0.2, 0.25) is 0 Å². The van der Waals surface area contributed by atoms with Gasteiger partial charge in [-0.15, -0.1) is 0 Å². The number of amides is 1. The van der Waals surface area contributed by atoms with E-state index in [9.17, 15) is 9.36 Å². The molecular formula is C23H25N2O4P. The van der Waals surface area contributed by atoms with Gasteiger partial charge in [-0.3, -0.25) is 4.79 Å². The molecule has 1 amide bonds. The summed E-state index contributed by atoms with van der Waals surface area (Å²) < 4.78 is 23.2. The third kappa shape index (κ3) is 5.29. The molecule has 0 aliphatic rings. The quantitative estimate of drug-likeness (QED) is 0.351. The maximum Gasteiger partial charge on any atom is 0.378 e. The Hall–Kier alpha value is -3.08. The summed E-state index contributed by atoms with van der Waals surface area (Å²) in [5, 5.41) is 2.85. The van der Waals surface area contributed by atoms with Crippen LogP contribution >= 0.6 is 7.60 Å². The molecule has 3 aromatic rings. The van der Waals surface area contributed by atoms with E-state index in [-0.39, 0.29) is 12.1 Å². The van der Waals surface area contributed by atoms with E-state index in [2.05, 4.69) is 5.32 Å². The van der Waals surface area contributed by atoms with Crippen LogP contribution in [-0.2, 0) is 9.09 Å². The molecule has 6 nitrogen and oxygen atoms in total. The summed E-state index contributed by atoms with van der Waals surface area (Å²) in [5.74, 6) is 0.0812. The first-order valence-electron chi connectivity index (χ1n) is 9.73. The summed E-state index contributed by atoms with van der Waals surface area (Å²) in [6.45, 7) is 3.80. The lowest BCUT2D eigenvalue weighted by Crippen LogP contribution is -2.13. The highest BCUT2D eigenvalue weighted by Gasteiger charge is 2.22. The average molecular weight is 424 g/mol. The Bertz CT molecular complexity index is 1050. The van der Waals surface area contributed by atoms with Gasteiger partial charge < -0.3 is 20.1 Å². The van der Waals surface area contributed by atoms with Gasteiger partial charge >= 0.3 is 7.60 Å². The number of nitrogens with two attached hydrogens (primary N) is 1. The number of carbonyl (C=O) groups is 1. The Balaban J connectivity index is 1.74. The van der Waals surface area contributed by atoms with Gasteiger partial charge in [-0.05, 0) is 54.4 Å². The number of nitrogen functional groups attached to an aromatic ring is 1. The number of rotatable bonds is 8. The zero-order valence-electron chi connectivity index (χ0n) is 17.0. The summed E-state index contributed by atoms with van der Waals surface area (Å²) in [7, 11) is -3.17. The lowest BCUT2D eigenvalue weighted by atomic mass is 10.0. The van der Waals surface area contributed by atoms with Crippen molar-refractivity contribution in [2.24, 2.45) is 0 Å². The highest BCUT2D eigenvalue weighted by atomic mass is 31.2. The fraction of sp³-hybridized carbons (Fsp3) is 0.174. The van der Waals surface area contributed by atoms with Crippen LogP contribution in [0.5, 0.6) is 5.75 Å². The topological polar surface area (TPSA) is 90.6 Å². The van der Waals surface area contributed by atoms with Gasteiger partial charge in [0.15, 0.2) is 0 Å². The molecule has 0 aliphatic carbocycles. The third-order valence-electron chi connectivity index (χ3n) is 4.48. The van der Waals surface area contributed by atoms with E-state index in [4.69, 9.17) is 14.8 Å². The fourth-order valence-corrected chi connectivity index (χ4v) is 4.08. The largest absolute Gasteiger partial charge is 0.424 e. The Labute approximate surface area is 176 Å².